The molecule has 1 aliphatic rings. The summed E-state index contributed by atoms with van der Waals surface area (Å²) in [6.07, 6.45) is 4.46. The van der Waals surface area contributed by atoms with E-state index >= 15 is 0 Å². The van der Waals surface area contributed by atoms with Crippen molar-refractivity contribution in [2.45, 2.75) is 37.8 Å². The van der Waals surface area contributed by atoms with Crippen LogP contribution in [0.1, 0.15) is 42.1 Å². The SMILES string of the molecule is CCc1nn(C(c2ccccc2)(c2ccccc2)c2ccccc2)c2ccnc(OC3CCOCC3)c12. The summed E-state index contributed by atoms with van der Waals surface area (Å²) >= 11 is 0. The first-order valence-electron chi connectivity index (χ1n) is 13.1. The number of rotatable bonds is 7. The highest BCUT2D eigenvalue weighted by Gasteiger charge is 2.41. The van der Waals surface area contributed by atoms with Crippen LogP contribution in [0, 0.1) is 0 Å². The van der Waals surface area contributed by atoms with Crippen LogP contribution in [0.15, 0.2) is 103 Å². The largest absolute Gasteiger partial charge is 0.474 e. The van der Waals surface area contributed by atoms with E-state index in [0.717, 1.165) is 65.8 Å². The first kappa shape index (κ1) is 23.4. The summed E-state index contributed by atoms with van der Waals surface area (Å²) in [5.74, 6) is 0.663. The van der Waals surface area contributed by atoms with Gasteiger partial charge in [-0.2, -0.15) is 5.10 Å². The zero-order valence-electron chi connectivity index (χ0n) is 21.1. The minimum Gasteiger partial charge on any atom is -0.474 e. The van der Waals surface area contributed by atoms with Gasteiger partial charge in [0.25, 0.3) is 0 Å². The third-order valence-corrected chi connectivity index (χ3v) is 7.31. The molecule has 0 spiro atoms. The molecule has 0 amide bonds. The van der Waals surface area contributed by atoms with Gasteiger partial charge in [0, 0.05) is 19.0 Å². The van der Waals surface area contributed by atoms with E-state index in [2.05, 4.69) is 109 Å². The molecule has 1 aliphatic heterocycles. The molecule has 5 nitrogen and oxygen atoms in total. The standard InChI is InChI=1S/C32H31N3O2/c1-2-28-30-29(18-21-33-31(30)37-27-19-22-36-23-20-27)35(34-28)32(24-12-6-3-7-13-24,25-14-8-4-9-15-25)26-16-10-5-11-17-26/h3-18,21,27H,2,19-20,22-23H2,1H3. The Hall–Kier alpha value is -3.96. The van der Waals surface area contributed by atoms with E-state index in [4.69, 9.17) is 19.6 Å². The molecule has 186 valence electrons. The molecule has 2 aromatic heterocycles. The number of benzene rings is 3. The molecule has 0 radical (unpaired) electrons. The quantitative estimate of drug-likeness (QED) is 0.249. The maximum absolute atomic E-state index is 6.51. The lowest BCUT2D eigenvalue weighted by Crippen LogP contribution is -2.38. The molecule has 1 saturated heterocycles. The Morgan fingerprint density at radius 2 is 1.35 bits per heavy atom. The molecule has 0 bridgehead atoms. The van der Waals surface area contributed by atoms with Gasteiger partial charge in [-0.15, -0.1) is 0 Å². The van der Waals surface area contributed by atoms with Crippen LogP contribution in [0.2, 0.25) is 0 Å². The van der Waals surface area contributed by atoms with Crippen LogP contribution in [0.25, 0.3) is 10.9 Å². The molecule has 3 heterocycles. The third-order valence-electron chi connectivity index (χ3n) is 7.31. The Kier molecular flexibility index (Phi) is 6.46. The van der Waals surface area contributed by atoms with Crippen molar-refractivity contribution in [3.05, 3.63) is 126 Å². The van der Waals surface area contributed by atoms with Crippen LogP contribution in [-0.4, -0.2) is 34.1 Å². The van der Waals surface area contributed by atoms with Gasteiger partial charge in [-0.1, -0.05) is 97.9 Å². The zero-order chi connectivity index (χ0) is 25.1. The lowest BCUT2D eigenvalue weighted by atomic mass is 9.77. The first-order valence-corrected chi connectivity index (χ1v) is 13.1. The third kappa shape index (κ3) is 4.09. The van der Waals surface area contributed by atoms with E-state index in [0.29, 0.717) is 5.88 Å². The van der Waals surface area contributed by atoms with Crippen LogP contribution >= 0.6 is 0 Å². The molecule has 37 heavy (non-hydrogen) atoms. The van der Waals surface area contributed by atoms with Crippen LogP contribution in [0.5, 0.6) is 5.88 Å². The summed E-state index contributed by atoms with van der Waals surface area (Å²) in [5.41, 5.74) is 4.73. The normalized spacial score (nSPS) is 14.6. The number of hydrogen-bond donors (Lipinski definition) is 0. The average Bonchev–Trinajstić information content (AvgIpc) is 3.36. The highest BCUT2D eigenvalue weighted by molar-refractivity contribution is 5.87. The van der Waals surface area contributed by atoms with Crippen molar-refractivity contribution in [2.75, 3.05) is 13.2 Å². The summed E-state index contributed by atoms with van der Waals surface area (Å²) in [6.45, 7) is 3.59. The molecule has 5 heteroatoms. The summed E-state index contributed by atoms with van der Waals surface area (Å²) in [4.78, 5) is 4.71. The molecule has 0 atom stereocenters. The fraction of sp³-hybridized carbons (Fsp3) is 0.250. The van der Waals surface area contributed by atoms with E-state index < -0.39 is 5.54 Å². The number of ether oxygens (including phenoxy) is 2. The second kappa shape index (κ2) is 10.2. The smallest absolute Gasteiger partial charge is 0.225 e. The Morgan fingerprint density at radius 1 is 0.811 bits per heavy atom. The second-order valence-electron chi connectivity index (χ2n) is 9.46. The van der Waals surface area contributed by atoms with Gasteiger partial charge in [0.15, 0.2) is 0 Å². The lowest BCUT2D eigenvalue weighted by molar-refractivity contribution is 0.0244. The van der Waals surface area contributed by atoms with Crippen LogP contribution < -0.4 is 4.74 Å². The summed E-state index contributed by atoms with van der Waals surface area (Å²) in [6, 6.07) is 34.0. The monoisotopic (exact) mass is 489 g/mol. The zero-order valence-corrected chi connectivity index (χ0v) is 21.1. The second-order valence-corrected chi connectivity index (χ2v) is 9.46. The molecule has 5 aromatic rings. The van der Waals surface area contributed by atoms with Gasteiger partial charge in [0.2, 0.25) is 5.88 Å². The molecular weight excluding hydrogens is 458 g/mol. The molecule has 0 saturated carbocycles. The molecule has 6 rings (SSSR count). The van der Waals surface area contributed by atoms with E-state index in [1.54, 1.807) is 0 Å². The molecule has 0 unspecified atom stereocenters. The van der Waals surface area contributed by atoms with Crippen molar-refractivity contribution >= 4 is 10.9 Å². The molecular formula is C32H31N3O2. The van der Waals surface area contributed by atoms with Gasteiger partial charge >= 0.3 is 0 Å². The number of aromatic nitrogens is 3. The topological polar surface area (TPSA) is 49.2 Å². The lowest BCUT2D eigenvalue weighted by Gasteiger charge is -2.37. The van der Waals surface area contributed by atoms with Crippen LogP contribution in [-0.2, 0) is 16.7 Å². The minimum atomic E-state index is -0.688. The van der Waals surface area contributed by atoms with Gasteiger partial charge in [-0.25, -0.2) is 9.67 Å². The van der Waals surface area contributed by atoms with Crippen LogP contribution in [0.3, 0.4) is 0 Å². The molecule has 1 fully saturated rings. The first-order chi connectivity index (χ1) is 18.3. The van der Waals surface area contributed by atoms with Crippen molar-refractivity contribution in [3.8, 4) is 5.88 Å². The predicted molar refractivity (Wildman–Crippen MR) is 146 cm³/mol. The Labute approximate surface area is 217 Å². The predicted octanol–water partition coefficient (Wildman–Crippen LogP) is 6.39. The highest BCUT2D eigenvalue weighted by atomic mass is 16.5. The van der Waals surface area contributed by atoms with Gasteiger partial charge in [0.05, 0.1) is 29.8 Å². The van der Waals surface area contributed by atoms with E-state index in [1.807, 2.05) is 6.20 Å². The maximum Gasteiger partial charge on any atom is 0.225 e. The number of aryl methyl sites for hydroxylation is 1. The van der Waals surface area contributed by atoms with Crippen molar-refractivity contribution in [2.24, 2.45) is 0 Å². The number of pyridine rings is 1. The van der Waals surface area contributed by atoms with Crippen molar-refractivity contribution in [3.63, 3.8) is 0 Å². The summed E-state index contributed by atoms with van der Waals surface area (Å²) in [5, 5.41) is 6.32. The number of fused-ring (bicyclic) bond motifs is 1. The van der Waals surface area contributed by atoms with Gasteiger partial charge < -0.3 is 9.47 Å². The van der Waals surface area contributed by atoms with Gasteiger partial charge in [0.1, 0.15) is 11.6 Å². The fourth-order valence-corrected chi connectivity index (χ4v) is 5.55. The maximum atomic E-state index is 6.51. The summed E-state index contributed by atoms with van der Waals surface area (Å²) < 4.78 is 14.3. The van der Waals surface area contributed by atoms with E-state index in [1.165, 1.54) is 0 Å². The fourth-order valence-electron chi connectivity index (χ4n) is 5.55. The Morgan fingerprint density at radius 3 is 1.86 bits per heavy atom. The molecule has 3 aromatic carbocycles. The van der Waals surface area contributed by atoms with Crippen molar-refractivity contribution in [1.82, 2.24) is 14.8 Å². The van der Waals surface area contributed by atoms with E-state index in [9.17, 15) is 0 Å². The highest BCUT2D eigenvalue weighted by Crippen LogP contribution is 2.43. The molecule has 0 N–H and O–H groups in total. The number of nitrogens with zero attached hydrogens (tertiary/aromatic N) is 3. The number of hydrogen-bond acceptors (Lipinski definition) is 4. The Balaban J connectivity index is 1.67. The van der Waals surface area contributed by atoms with Crippen molar-refractivity contribution in [1.29, 1.82) is 0 Å². The van der Waals surface area contributed by atoms with Crippen molar-refractivity contribution < 1.29 is 9.47 Å². The minimum absolute atomic E-state index is 0.0991. The van der Waals surface area contributed by atoms with E-state index in [-0.39, 0.29) is 6.10 Å². The van der Waals surface area contributed by atoms with Crippen LogP contribution in [0.4, 0.5) is 0 Å². The average molecular weight is 490 g/mol. The molecule has 0 aliphatic carbocycles. The Bertz CT molecular complexity index is 1360. The summed E-state index contributed by atoms with van der Waals surface area (Å²) in [7, 11) is 0. The van der Waals surface area contributed by atoms with Gasteiger partial charge in [-0.05, 0) is 29.2 Å². The van der Waals surface area contributed by atoms with Gasteiger partial charge in [-0.3, -0.25) is 0 Å².